The van der Waals surface area contributed by atoms with Crippen molar-refractivity contribution in [1.29, 1.82) is 0 Å². The largest absolute Gasteiger partial charge is 0.352 e. The Morgan fingerprint density at radius 3 is 2.95 bits per heavy atom. The van der Waals surface area contributed by atoms with Crippen molar-refractivity contribution in [3.63, 3.8) is 0 Å². The van der Waals surface area contributed by atoms with Gasteiger partial charge < -0.3 is 10.3 Å². The van der Waals surface area contributed by atoms with Crippen molar-refractivity contribution in [3.05, 3.63) is 10.5 Å². The first-order chi connectivity index (χ1) is 9.10. The molecule has 2 aromatic rings. The molecule has 3 heterocycles. The van der Waals surface area contributed by atoms with E-state index < -0.39 is 0 Å². The second-order valence-electron chi connectivity index (χ2n) is 4.94. The average molecular weight is 279 g/mol. The fourth-order valence-electron chi connectivity index (χ4n) is 2.69. The van der Waals surface area contributed by atoms with Crippen molar-refractivity contribution in [2.45, 2.75) is 45.8 Å². The van der Waals surface area contributed by atoms with Gasteiger partial charge in [-0.1, -0.05) is 0 Å². The third kappa shape index (κ3) is 1.98. The van der Waals surface area contributed by atoms with Crippen LogP contribution in [0, 0.1) is 11.7 Å². The van der Waals surface area contributed by atoms with Crippen LogP contribution in [0.3, 0.4) is 0 Å². The monoisotopic (exact) mass is 279 g/mol. The molecule has 1 amide bonds. The Bertz CT molecular complexity index is 695. The summed E-state index contributed by atoms with van der Waals surface area (Å²) in [7, 11) is 0. The predicted molar refractivity (Wildman–Crippen MR) is 74.5 cm³/mol. The minimum Gasteiger partial charge on any atom is -0.352 e. The van der Waals surface area contributed by atoms with Crippen LogP contribution >= 0.6 is 12.2 Å². The van der Waals surface area contributed by atoms with Crippen LogP contribution in [-0.4, -0.2) is 31.3 Å². The topological polar surface area (TPSA) is 67.6 Å². The number of hydrogen-bond acceptors (Lipinski definition) is 3. The van der Waals surface area contributed by atoms with Gasteiger partial charge in [-0.3, -0.25) is 9.36 Å². The lowest BCUT2D eigenvalue weighted by Gasteiger charge is -2.12. The highest BCUT2D eigenvalue weighted by Gasteiger charge is 2.23. The lowest BCUT2D eigenvalue weighted by Crippen LogP contribution is -2.29. The molecule has 2 aromatic heterocycles. The molecule has 0 radical (unpaired) electrons. The molecule has 1 aliphatic heterocycles. The van der Waals surface area contributed by atoms with Crippen molar-refractivity contribution < 1.29 is 4.79 Å². The molecule has 1 fully saturated rings. The minimum atomic E-state index is 0.128. The zero-order valence-corrected chi connectivity index (χ0v) is 11.9. The number of H-pyrrole nitrogens is 1. The number of aryl methyl sites for hydroxylation is 2. The smallest absolute Gasteiger partial charge is 0.220 e. The Hall–Kier alpha value is -1.63. The third-order valence-electron chi connectivity index (χ3n) is 3.62. The number of amides is 1. The molecular formula is C12H17N5OS. The van der Waals surface area contributed by atoms with Gasteiger partial charge in [0.05, 0.1) is 5.69 Å². The van der Waals surface area contributed by atoms with Gasteiger partial charge in [-0.15, -0.1) is 0 Å². The standard InChI is InChI=1S/C12H17N5OS/c1-3-17-11-10(7(2)15-17)14-12(19)16(11)6-8-4-5-9(18)13-8/h8H,3-6H2,1-2H3,(H,13,18)(H,14,19). The molecule has 19 heavy (non-hydrogen) atoms. The highest BCUT2D eigenvalue weighted by atomic mass is 32.1. The summed E-state index contributed by atoms with van der Waals surface area (Å²) < 4.78 is 4.69. The molecule has 3 rings (SSSR count). The third-order valence-corrected chi connectivity index (χ3v) is 3.94. The van der Waals surface area contributed by atoms with Gasteiger partial charge in [-0.05, 0) is 32.5 Å². The van der Waals surface area contributed by atoms with Crippen molar-refractivity contribution in [3.8, 4) is 0 Å². The molecule has 0 bridgehead atoms. The van der Waals surface area contributed by atoms with Crippen LogP contribution in [0.15, 0.2) is 0 Å². The SMILES string of the molecule is CCn1nc(C)c2[nH]c(=S)n(CC3CCC(=O)N3)c21. The number of fused-ring (bicyclic) bond motifs is 1. The molecule has 0 aromatic carbocycles. The zero-order chi connectivity index (χ0) is 13.6. The van der Waals surface area contributed by atoms with Crippen LogP contribution in [0.4, 0.5) is 0 Å². The Kier molecular flexibility index (Phi) is 2.93. The van der Waals surface area contributed by atoms with E-state index in [0.29, 0.717) is 17.7 Å². The summed E-state index contributed by atoms with van der Waals surface area (Å²) in [5, 5.41) is 7.47. The number of imidazole rings is 1. The fraction of sp³-hybridized carbons (Fsp3) is 0.583. The van der Waals surface area contributed by atoms with E-state index in [-0.39, 0.29) is 11.9 Å². The maximum absolute atomic E-state index is 11.3. The maximum Gasteiger partial charge on any atom is 0.220 e. The molecule has 1 saturated heterocycles. The summed E-state index contributed by atoms with van der Waals surface area (Å²) in [4.78, 5) is 14.5. The number of carbonyl (C=O) groups excluding carboxylic acids is 1. The van der Waals surface area contributed by atoms with Gasteiger partial charge in [-0.2, -0.15) is 5.10 Å². The van der Waals surface area contributed by atoms with Gasteiger partial charge in [0.1, 0.15) is 5.52 Å². The van der Waals surface area contributed by atoms with Gasteiger partial charge in [0, 0.05) is 25.6 Å². The van der Waals surface area contributed by atoms with E-state index in [1.165, 1.54) is 0 Å². The van der Waals surface area contributed by atoms with Crippen molar-refractivity contribution >= 4 is 29.3 Å². The quantitative estimate of drug-likeness (QED) is 0.837. The number of carbonyl (C=O) groups is 1. The van der Waals surface area contributed by atoms with E-state index in [2.05, 4.69) is 22.3 Å². The van der Waals surface area contributed by atoms with E-state index >= 15 is 0 Å². The van der Waals surface area contributed by atoms with E-state index in [9.17, 15) is 4.79 Å². The summed E-state index contributed by atoms with van der Waals surface area (Å²) in [6.45, 7) is 5.54. The summed E-state index contributed by atoms with van der Waals surface area (Å²) >= 11 is 5.39. The van der Waals surface area contributed by atoms with Crippen LogP contribution < -0.4 is 5.32 Å². The van der Waals surface area contributed by atoms with Gasteiger partial charge in [0.15, 0.2) is 10.4 Å². The van der Waals surface area contributed by atoms with Crippen LogP contribution in [0.1, 0.15) is 25.5 Å². The molecule has 1 aliphatic rings. The molecule has 1 atom stereocenters. The van der Waals surface area contributed by atoms with Gasteiger partial charge in [-0.25, -0.2) is 4.68 Å². The number of rotatable bonds is 3. The molecule has 2 N–H and O–H groups in total. The minimum absolute atomic E-state index is 0.128. The Morgan fingerprint density at radius 2 is 2.32 bits per heavy atom. The van der Waals surface area contributed by atoms with Crippen LogP contribution in [-0.2, 0) is 17.9 Å². The number of nitrogens with one attached hydrogen (secondary N) is 2. The average Bonchev–Trinajstić information content (AvgIpc) is 3.00. The summed E-state index contributed by atoms with van der Waals surface area (Å²) in [6.07, 6.45) is 1.48. The second-order valence-corrected chi connectivity index (χ2v) is 5.33. The molecule has 6 nitrogen and oxygen atoms in total. The van der Waals surface area contributed by atoms with Crippen molar-refractivity contribution in [2.24, 2.45) is 0 Å². The Balaban J connectivity index is 2.04. The normalized spacial score (nSPS) is 19.3. The first kappa shape index (κ1) is 12.4. The molecule has 1 unspecified atom stereocenters. The van der Waals surface area contributed by atoms with Gasteiger partial charge >= 0.3 is 0 Å². The molecule has 102 valence electrons. The lowest BCUT2D eigenvalue weighted by atomic mass is 10.2. The Labute approximate surface area is 115 Å². The fourth-order valence-corrected chi connectivity index (χ4v) is 2.95. The first-order valence-corrected chi connectivity index (χ1v) is 6.96. The molecule has 7 heteroatoms. The van der Waals surface area contributed by atoms with Crippen LogP contribution in [0.25, 0.3) is 11.2 Å². The van der Waals surface area contributed by atoms with Crippen LogP contribution in [0.5, 0.6) is 0 Å². The van der Waals surface area contributed by atoms with Crippen LogP contribution in [0.2, 0.25) is 0 Å². The number of aromatic amines is 1. The summed E-state index contributed by atoms with van der Waals surface area (Å²) in [5.74, 6) is 0.128. The lowest BCUT2D eigenvalue weighted by molar-refractivity contribution is -0.119. The maximum atomic E-state index is 11.3. The van der Waals surface area contributed by atoms with Crippen molar-refractivity contribution in [2.75, 3.05) is 0 Å². The molecule has 0 aliphatic carbocycles. The predicted octanol–water partition coefficient (Wildman–Crippen LogP) is 1.50. The highest BCUT2D eigenvalue weighted by molar-refractivity contribution is 7.71. The zero-order valence-electron chi connectivity index (χ0n) is 11.1. The van der Waals surface area contributed by atoms with Gasteiger partial charge in [0.2, 0.25) is 5.91 Å². The number of nitrogens with zero attached hydrogens (tertiary/aromatic N) is 3. The first-order valence-electron chi connectivity index (χ1n) is 6.55. The molecular weight excluding hydrogens is 262 g/mol. The Morgan fingerprint density at radius 1 is 1.53 bits per heavy atom. The van der Waals surface area contributed by atoms with E-state index in [4.69, 9.17) is 12.2 Å². The second kappa shape index (κ2) is 4.48. The highest BCUT2D eigenvalue weighted by Crippen LogP contribution is 2.19. The number of aromatic nitrogens is 4. The summed E-state index contributed by atoms with van der Waals surface area (Å²) in [6, 6.07) is 0.165. The molecule has 0 spiro atoms. The van der Waals surface area contributed by atoms with E-state index in [1.54, 1.807) is 0 Å². The summed E-state index contributed by atoms with van der Waals surface area (Å²) in [5.41, 5.74) is 2.97. The number of hydrogen-bond donors (Lipinski definition) is 2. The van der Waals surface area contributed by atoms with E-state index in [1.807, 2.05) is 16.2 Å². The molecule has 0 saturated carbocycles. The van der Waals surface area contributed by atoms with Gasteiger partial charge in [0.25, 0.3) is 0 Å². The van der Waals surface area contributed by atoms with E-state index in [0.717, 1.165) is 29.8 Å². The van der Waals surface area contributed by atoms with Crippen molar-refractivity contribution in [1.82, 2.24) is 24.6 Å².